The third-order valence-corrected chi connectivity index (χ3v) is 3.90. The Bertz CT molecular complexity index is 436. The van der Waals surface area contributed by atoms with Gasteiger partial charge in [-0.1, -0.05) is 11.4 Å². The molecule has 8 heteroatoms. The maximum absolute atomic E-state index is 11.2. The Labute approximate surface area is 84.7 Å². The number of rotatable bonds is 4. The van der Waals surface area contributed by atoms with Crippen molar-refractivity contribution in [2.45, 2.75) is 12.7 Å². The summed E-state index contributed by atoms with van der Waals surface area (Å²) < 4.78 is 25.8. The van der Waals surface area contributed by atoms with E-state index in [9.17, 15) is 13.2 Å². The first kappa shape index (κ1) is 11.1. The molecule has 0 aliphatic heterocycles. The lowest BCUT2D eigenvalue weighted by molar-refractivity contribution is 0.0701. The van der Waals surface area contributed by atoms with E-state index in [1.54, 1.807) is 0 Å². The molecule has 0 spiro atoms. The van der Waals surface area contributed by atoms with Crippen LogP contribution in [0.25, 0.3) is 0 Å². The molecule has 1 rings (SSSR count). The molecule has 1 heterocycles. The lowest BCUT2D eigenvalue weighted by atomic mass is 10.4. The van der Waals surface area contributed by atoms with Crippen LogP contribution >= 0.6 is 11.5 Å². The van der Waals surface area contributed by atoms with E-state index in [1.165, 1.54) is 6.92 Å². The molecule has 0 atom stereocenters. The third-order valence-electron chi connectivity index (χ3n) is 1.55. The highest BCUT2D eigenvalue weighted by Gasteiger charge is 2.20. The first-order valence-electron chi connectivity index (χ1n) is 3.71. The third kappa shape index (κ3) is 2.48. The van der Waals surface area contributed by atoms with Gasteiger partial charge in [0.15, 0.2) is 14.7 Å². The van der Waals surface area contributed by atoms with Crippen molar-refractivity contribution in [3.05, 3.63) is 10.6 Å². The van der Waals surface area contributed by atoms with Crippen molar-refractivity contribution < 1.29 is 18.3 Å². The summed E-state index contributed by atoms with van der Waals surface area (Å²) in [6.45, 7) is 1.50. The van der Waals surface area contributed by atoms with Gasteiger partial charge in [-0.2, -0.15) is 0 Å². The van der Waals surface area contributed by atoms with Gasteiger partial charge in [0.2, 0.25) is 0 Å². The summed E-state index contributed by atoms with van der Waals surface area (Å²) in [7, 11) is -3.26. The van der Waals surface area contributed by atoms with Gasteiger partial charge in [0, 0.05) is 5.75 Å². The number of carbonyl (C=O) groups is 1. The Kier molecular flexibility index (Phi) is 3.17. The van der Waals surface area contributed by atoms with Crippen LogP contribution in [0.15, 0.2) is 0 Å². The van der Waals surface area contributed by atoms with Crippen LogP contribution < -0.4 is 0 Å². The number of carboxylic acid groups (broad SMARTS) is 1. The Morgan fingerprint density at radius 1 is 1.57 bits per heavy atom. The summed E-state index contributed by atoms with van der Waals surface area (Å²) in [5.41, 5.74) is 0.0179. The molecule has 0 amide bonds. The van der Waals surface area contributed by atoms with Gasteiger partial charge < -0.3 is 5.11 Å². The summed E-state index contributed by atoms with van der Waals surface area (Å²) >= 11 is 0.684. The van der Waals surface area contributed by atoms with Crippen LogP contribution in [0.3, 0.4) is 0 Å². The van der Waals surface area contributed by atoms with Crippen molar-refractivity contribution in [2.24, 2.45) is 0 Å². The quantitative estimate of drug-likeness (QED) is 0.800. The zero-order valence-corrected chi connectivity index (χ0v) is 8.93. The van der Waals surface area contributed by atoms with Gasteiger partial charge in [-0.05, 0) is 11.5 Å². The average Bonchev–Trinajstić information content (AvgIpc) is 2.51. The van der Waals surface area contributed by atoms with Crippen molar-refractivity contribution in [3.8, 4) is 0 Å². The van der Waals surface area contributed by atoms with Crippen molar-refractivity contribution in [3.63, 3.8) is 0 Å². The molecule has 0 saturated carbocycles. The number of hydrogen-bond donors (Lipinski definition) is 1. The predicted octanol–water partition coefficient (Wildman–Crippen LogP) is 0.171. The molecular weight excluding hydrogens is 228 g/mol. The van der Waals surface area contributed by atoms with Crippen LogP contribution in [0.4, 0.5) is 0 Å². The van der Waals surface area contributed by atoms with Crippen molar-refractivity contribution in [1.29, 1.82) is 0 Å². The minimum absolute atomic E-state index is 0.0179. The first-order valence-corrected chi connectivity index (χ1v) is 6.30. The van der Waals surface area contributed by atoms with Gasteiger partial charge in [0.05, 0.1) is 5.75 Å². The summed E-state index contributed by atoms with van der Waals surface area (Å²) in [5.74, 6) is -1.59. The molecule has 0 aliphatic rings. The summed E-state index contributed by atoms with van der Waals surface area (Å²) in [6, 6.07) is 0. The van der Waals surface area contributed by atoms with E-state index < -0.39 is 15.8 Å². The molecule has 1 aromatic heterocycles. The lowest BCUT2D eigenvalue weighted by Crippen LogP contribution is -2.10. The Hall–Kier alpha value is -1.02. The normalized spacial score (nSPS) is 11.5. The maximum atomic E-state index is 11.2. The molecule has 0 unspecified atom stereocenters. The Morgan fingerprint density at radius 3 is 2.71 bits per heavy atom. The smallest absolute Gasteiger partial charge is 0.349 e. The van der Waals surface area contributed by atoms with E-state index in [-0.39, 0.29) is 22.1 Å². The fourth-order valence-corrected chi connectivity index (χ4v) is 2.21. The number of aromatic carboxylic acids is 1. The molecule has 0 radical (unpaired) electrons. The van der Waals surface area contributed by atoms with E-state index in [4.69, 9.17) is 5.11 Å². The molecule has 0 aliphatic carbocycles. The van der Waals surface area contributed by atoms with Gasteiger partial charge >= 0.3 is 5.97 Å². The Balaban J connectivity index is 2.98. The van der Waals surface area contributed by atoms with Crippen LogP contribution in [-0.4, -0.2) is 34.8 Å². The molecule has 6 nitrogen and oxygen atoms in total. The van der Waals surface area contributed by atoms with Gasteiger partial charge in [0.25, 0.3) is 0 Å². The topological polar surface area (TPSA) is 97.2 Å². The summed E-state index contributed by atoms with van der Waals surface area (Å²) in [4.78, 5) is 10.5. The average molecular weight is 236 g/mol. The molecule has 1 N–H and O–H groups in total. The zero-order valence-electron chi connectivity index (χ0n) is 7.30. The monoisotopic (exact) mass is 236 g/mol. The Morgan fingerprint density at radius 2 is 2.21 bits per heavy atom. The van der Waals surface area contributed by atoms with E-state index in [2.05, 4.69) is 9.59 Å². The van der Waals surface area contributed by atoms with Crippen molar-refractivity contribution >= 4 is 27.3 Å². The van der Waals surface area contributed by atoms with Gasteiger partial charge in [0.1, 0.15) is 5.69 Å². The second-order valence-electron chi connectivity index (χ2n) is 2.53. The highest BCUT2D eigenvalue weighted by atomic mass is 32.2. The highest BCUT2D eigenvalue weighted by Crippen LogP contribution is 2.13. The molecule has 0 saturated heterocycles. The van der Waals surface area contributed by atoms with E-state index >= 15 is 0 Å². The molecule has 1 aromatic rings. The molecule has 0 fully saturated rings. The van der Waals surface area contributed by atoms with Crippen molar-refractivity contribution in [2.75, 3.05) is 5.75 Å². The minimum atomic E-state index is -3.26. The molecule has 0 bridgehead atoms. The number of nitrogens with zero attached hydrogens (tertiary/aromatic N) is 2. The van der Waals surface area contributed by atoms with Crippen LogP contribution in [0.1, 0.15) is 22.3 Å². The highest BCUT2D eigenvalue weighted by molar-refractivity contribution is 7.90. The molecule has 78 valence electrons. The standard InChI is InChI=1S/C6H8N2O4S2/c1-2-14(11,12)3-4-5(6(9)10)13-8-7-4/h2-3H2,1H3,(H,9,10). The van der Waals surface area contributed by atoms with Crippen LogP contribution in [0.2, 0.25) is 0 Å². The maximum Gasteiger partial charge on any atom is 0.349 e. The van der Waals surface area contributed by atoms with Gasteiger partial charge in [-0.3, -0.25) is 0 Å². The fourth-order valence-electron chi connectivity index (χ4n) is 0.776. The number of sulfone groups is 1. The summed E-state index contributed by atoms with van der Waals surface area (Å²) in [6.07, 6.45) is 0. The van der Waals surface area contributed by atoms with Gasteiger partial charge in [-0.25, -0.2) is 13.2 Å². The van der Waals surface area contributed by atoms with E-state index in [1.807, 2.05) is 0 Å². The predicted molar refractivity (Wildman–Crippen MR) is 50.0 cm³/mol. The SMILES string of the molecule is CCS(=O)(=O)Cc1nnsc1C(=O)O. The number of carboxylic acids is 1. The van der Waals surface area contributed by atoms with E-state index in [0.717, 1.165) is 0 Å². The van der Waals surface area contributed by atoms with Crippen LogP contribution in [-0.2, 0) is 15.6 Å². The van der Waals surface area contributed by atoms with Gasteiger partial charge in [-0.15, -0.1) is 5.10 Å². The second kappa shape index (κ2) is 4.01. The molecular formula is C6H8N2O4S2. The van der Waals surface area contributed by atoms with Crippen LogP contribution in [0, 0.1) is 0 Å². The second-order valence-corrected chi connectivity index (χ2v) is 5.64. The largest absolute Gasteiger partial charge is 0.477 e. The fraction of sp³-hybridized carbons (Fsp3) is 0.500. The van der Waals surface area contributed by atoms with Crippen molar-refractivity contribution in [1.82, 2.24) is 9.59 Å². The minimum Gasteiger partial charge on any atom is -0.477 e. The molecule has 0 aromatic carbocycles. The first-order chi connectivity index (χ1) is 6.46. The zero-order chi connectivity index (χ0) is 10.8. The molecule has 14 heavy (non-hydrogen) atoms. The van der Waals surface area contributed by atoms with E-state index in [0.29, 0.717) is 11.5 Å². The number of aromatic nitrogens is 2. The van der Waals surface area contributed by atoms with Crippen LogP contribution in [0.5, 0.6) is 0 Å². The lowest BCUT2D eigenvalue weighted by Gasteiger charge is -1.97. The summed E-state index contributed by atoms with van der Waals surface area (Å²) in [5, 5.41) is 12.1. The number of hydrogen-bond acceptors (Lipinski definition) is 6.